The minimum absolute atomic E-state index is 0.139. The summed E-state index contributed by atoms with van der Waals surface area (Å²) in [4.78, 5) is 15.8. The molecule has 0 amide bonds. The van der Waals surface area contributed by atoms with Crippen molar-refractivity contribution >= 4 is 11.7 Å². The molecule has 0 radical (unpaired) electrons. The summed E-state index contributed by atoms with van der Waals surface area (Å²) < 4.78 is 32.8. The smallest absolute Gasteiger partial charge is 0.337 e. The lowest BCUT2D eigenvalue weighted by atomic mass is 9.85. The molecular formula is C23H20F2N2O3. The number of hydrogen-bond acceptors (Lipinski definition) is 5. The van der Waals surface area contributed by atoms with Crippen LogP contribution in [0.3, 0.4) is 0 Å². The van der Waals surface area contributed by atoms with Crippen molar-refractivity contribution in [1.82, 2.24) is 4.98 Å². The molecule has 0 aliphatic heterocycles. The van der Waals surface area contributed by atoms with E-state index < -0.39 is 23.5 Å². The summed E-state index contributed by atoms with van der Waals surface area (Å²) in [6, 6.07) is 13.3. The number of carbonyl (C=O) groups excluding carboxylic acids is 1. The van der Waals surface area contributed by atoms with E-state index in [4.69, 9.17) is 4.74 Å². The highest BCUT2D eigenvalue weighted by molar-refractivity contribution is 6.01. The highest BCUT2D eigenvalue weighted by Crippen LogP contribution is 2.32. The van der Waals surface area contributed by atoms with Gasteiger partial charge in [0, 0.05) is 35.9 Å². The van der Waals surface area contributed by atoms with Crippen LogP contribution in [0, 0.1) is 18.6 Å². The van der Waals surface area contributed by atoms with Crippen LogP contribution in [0.2, 0.25) is 0 Å². The Labute approximate surface area is 172 Å². The molecule has 1 N–H and O–H groups in total. The molecule has 154 valence electrons. The average Bonchev–Trinajstić information content (AvgIpc) is 2.75. The van der Waals surface area contributed by atoms with E-state index in [0.29, 0.717) is 22.4 Å². The number of hydrogen-bond donors (Lipinski definition) is 1. The van der Waals surface area contributed by atoms with E-state index in [2.05, 4.69) is 10.1 Å². The van der Waals surface area contributed by atoms with Crippen LogP contribution in [0.15, 0.2) is 65.9 Å². The minimum Gasteiger partial charge on any atom is -0.465 e. The maximum atomic E-state index is 14.6. The Hall–Kier alpha value is -3.61. The van der Waals surface area contributed by atoms with Gasteiger partial charge in [0.2, 0.25) is 0 Å². The fourth-order valence-electron chi connectivity index (χ4n) is 3.30. The molecule has 0 fully saturated rings. The number of methoxy groups -OCH3 is 1. The highest BCUT2D eigenvalue weighted by atomic mass is 19.1. The first kappa shape index (κ1) is 21.1. The van der Waals surface area contributed by atoms with Gasteiger partial charge in [-0.2, -0.15) is 0 Å². The molecule has 1 heterocycles. The quantitative estimate of drug-likeness (QED) is 0.273. The van der Waals surface area contributed by atoms with Gasteiger partial charge < -0.3 is 9.94 Å². The Balaban J connectivity index is 2.04. The Morgan fingerprint density at radius 1 is 1.10 bits per heavy atom. The van der Waals surface area contributed by atoms with Gasteiger partial charge in [0.25, 0.3) is 0 Å². The third-order valence-electron chi connectivity index (χ3n) is 4.82. The van der Waals surface area contributed by atoms with Gasteiger partial charge in [-0.05, 0) is 48.4 Å². The summed E-state index contributed by atoms with van der Waals surface area (Å²) in [6.45, 7) is 1.81. The number of pyridine rings is 1. The largest absolute Gasteiger partial charge is 0.465 e. The predicted octanol–water partition coefficient (Wildman–Crippen LogP) is 4.86. The van der Waals surface area contributed by atoms with E-state index in [-0.39, 0.29) is 12.0 Å². The standard InChI is InChI=1S/C23H20F2N2O3/c1-14-11-17(9-10-26-14)22(27-29)13-20(19-8-7-18(24)12-21(19)25)15-3-5-16(6-4-15)23(28)30-2/h3-12,20,29H,13H2,1-2H3/b27-22+. The molecule has 2 aromatic carbocycles. The highest BCUT2D eigenvalue weighted by Gasteiger charge is 2.22. The zero-order chi connectivity index (χ0) is 21.7. The van der Waals surface area contributed by atoms with Gasteiger partial charge in [-0.25, -0.2) is 13.6 Å². The van der Waals surface area contributed by atoms with Crippen molar-refractivity contribution in [1.29, 1.82) is 0 Å². The number of nitrogens with zero attached hydrogens (tertiary/aromatic N) is 2. The number of halogens is 2. The van der Waals surface area contributed by atoms with Crippen LogP contribution in [0.25, 0.3) is 0 Å². The molecule has 0 saturated carbocycles. The lowest BCUT2D eigenvalue weighted by molar-refractivity contribution is 0.0600. The van der Waals surface area contributed by atoms with Crippen molar-refractivity contribution in [3.8, 4) is 0 Å². The second-order valence-corrected chi connectivity index (χ2v) is 6.77. The van der Waals surface area contributed by atoms with Crippen molar-refractivity contribution in [3.05, 3.63) is 100 Å². The van der Waals surface area contributed by atoms with Gasteiger partial charge in [-0.3, -0.25) is 4.98 Å². The monoisotopic (exact) mass is 410 g/mol. The number of carbonyl (C=O) groups is 1. The molecule has 3 rings (SSSR count). The summed E-state index contributed by atoms with van der Waals surface area (Å²) in [5.41, 5.74) is 2.96. The molecule has 3 aromatic rings. The summed E-state index contributed by atoms with van der Waals surface area (Å²) in [5, 5.41) is 13.0. The summed E-state index contributed by atoms with van der Waals surface area (Å²) in [7, 11) is 1.29. The average molecular weight is 410 g/mol. The number of oxime groups is 1. The lowest BCUT2D eigenvalue weighted by Crippen LogP contribution is -2.13. The fourth-order valence-corrected chi connectivity index (χ4v) is 3.30. The zero-order valence-corrected chi connectivity index (χ0v) is 16.5. The Bertz CT molecular complexity index is 1080. The second kappa shape index (κ2) is 9.26. The molecule has 1 atom stereocenters. The summed E-state index contributed by atoms with van der Waals surface area (Å²) in [5.74, 6) is -2.47. The van der Waals surface area contributed by atoms with Crippen molar-refractivity contribution in [2.75, 3.05) is 7.11 Å². The second-order valence-electron chi connectivity index (χ2n) is 6.77. The van der Waals surface area contributed by atoms with E-state index in [1.54, 1.807) is 49.5 Å². The van der Waals surface area contributed by atoms with Crippen molar-refractivity contribution < 1.29 is 23.5 Å². The Kier molecular flexibility index (Phi) is 6.51. The first-order chi connectivity index (χ1) is 14.4. The minimum atomic E-state index is -0.708. The normalized spacial score (nSPS) is 12.5. The molecular weight excluding hydrogens is 390 g/mol. The van der Waals surface area contributed by atoms with Crippen molar-refractivity contribution in [2.24, 2.45) is 5.16 Å². The van der Waals surface area contributed by atoms with Crippen LogP contribution in [0.4, 0.5) is 8.78 Å². The molecule has 30 heavy (non-hydrogen) atoms. The number of rotatable bonds is 6. The van der Waals surface area contributed by atoms with Crippen LogP contribution >= 0.6 is 0 Å². The van der Waals surface area contributed by atoms with E-state index >= 15 is 0 Å². The van der Waals surface area contributed by atoms with Crippen LogP contribution in [0.1, 0.15) is 45.1 Å². The van der Waals surface area contributed by atoms with Crippen LogP contribution in [-0.4, -0.2) is 29.0 Å². The summed E-state index contributed by atoms with van der Waals surface area (Å²) >= 11 is 0. The molecule has 1 aromatic heterocycles. The Morgan fingerprint density at radius 3 is 2.43 bits per heavy atom. The topological polar surface area (TPSA) is 71.8 Å². The molecule has 0 aliphatic carbocycles. The van der Waals surface area contributed by atoms with Gasteiger partial charge in [-0.15, -0.1) is 0 Å². The lowest BCUT2D eigenvalue weighted by Gasteiger charge is -2.20. The van der Waals surface area contributed by atoms with Crippen LogP contribution in [-0.2, 0) is 4.74 Å². The number of aromatic nitrogens is 1. The van der Waals surface area contributed by atoms with E-state index in [1.807, 2.05) is 0 Å². The fraction of sp³-hybridized carbons (Fsp3) is 0.174. The van der Waals surface area contributed by atoms with E-state index in [0.717, 1.165) is 11.8 Å². The Morgan fingerprint density at radius 2 is 1.83 bits per heavy atom. The molecule has 7 heteroatoms. The van der Waals surface area contributed by atoms with Crippen LogP contribution < -0.4 is 0 Å². The molecule has 0 saturated heterocycles. The van der Waals surface area contributed by atoms with Crippen molar-refractivity contribution in [2.45, 2.75) is 19.3 Å². The first-order valence-corrected chi connectivity index (χ1v) is 9.20. The molecule has 0 bridgehead atoms. The molecule has 1 unspecified atom stereocenters. The van der Waals surface area contributed by atoms with E-state index in [9.17, 15) is 18.8 Å². The molecule has 0 spiro atoms. The number of esters is 1. The maximum absolute atomic E-state index is 14.6. The third-order valence-corrected chi connectivity index (χ3v) is 4.82. The van der Waals surface area contributed by atoms with E-state index in [1.165, 1.54) is 19.2 Å². The maximum Gasteiger partial charge on any atom is 0.337 e. The first-order valence-electron chi connectivity index (χ1n) is 9.20. The third kappa shape index (κ3) is 4.68. The van der Waals surface area contributed by atoms with Crippen LogP contribution in [0.5, 0.6) is 0 Å². The van der Waals surface area contributed by atoms with Crippen molar-refractivity contribution in [3.63, 3.8) is 0 Å². The summed E-state index contributed by atoms with van der Waals surface area (Å²) in [6.07, 6.45) is 1.73. The zero-order valence-electron chi connectivity index (χ0n) is 16.5. The molecule has 0 aliphatic rings. The number of aryl methyl sites for hydroxylation is 1. The molecule has 5 nitrogen and oxygen atoms in total. The van der Waals surface area contributed by atoms with Gasteiger partial charge >= 0.3 is 5.97 Å². The van der Waals surface area contributed by atoms with Gasteiger partial charge in [0.1, 0.15) is 11.6 Å². The van der Waals surface area contributed by atoms with Gasteiger partial charge in [0.15, 0.2) is 0 Å². The van der Waals surface area contributed by atoms with Gasteiger partial charge in [-0.1, -0.05) is 23.4 Å². The van der Waals surface area contributed by atoms with Gasteiger partial charge in [0.05, 0.1) is 18.4 Å². The predicted molar refractivity (Wildman–Crippen MR) is 108 cm³/mol. The number of benzene rings is 2. The number of ether oxygens (including phenoxy) is 1. The SMILES string of the molecule is COC(=O)c1ccc(C(C/C(=N\O)c2ccnc(C)c2)c2ccc(F)cc2F)cc1.